The van der Waals surface area contributed by atoms with Crippen LogP contribution in [0.5, 0.6) is 5.75 Å². The van der Waals surface area contributed by atoms with Gasteiger partial charge in [0.25, 0.3) is 0 Å². The van der Waals surface area contributed by atoms with E-state index < -0.39 is 0 Å². The molecule has 0 aliphatic carbocycles. The highest BCUT2D eigenvalue weighted by molar-refractivity contribution is 5.91. The van der Waals surface area contributed by atoms with E-state index in [9.17, 15) is 9.59 Å². The van der Waals surface area contributed by atoms with Gasteiger partial charge in [0.05, 0.1) is 12.2 Å². The van der Waals surface area contributed by atoms with E-state index in [0.29, 0.717) is 24.5 Å². The quantitative estimate of drug-likeness (QED) is 0.525. The molecule has 0 amide bonds. The average molecular weight is 337 g/mol. The minimum atomic E-state index is -0.345. The van der Waals surface area contributed by atoms with Gasteiger partial charge in [-0.05, 0) is 42.8 Å². The molecule has 0 unspecified atom stereocenters. The van der Waals surface area contributed by atoms with Crippen molar-refractivity contribution in [2.75, 3.05) is 6.61 Å². The Balaban J connectivity index is 1.91. The summed E-state index contributed by atoms with van der Waals surface area (Å²) in [6.45, 7) is 4.06. The zero-order valence-corrected chi connectivity index (χ0v) is 14.2. The zero-order valence-electron chi connectivity index (χ0n) is 14.2. The molecule has 0 atom stereocenters. The molecule has 3 aromatic rings. The van der Waals surface area contributed by atoms with Crippen LogP contribution in [0.3, 0.4) is 0 Å². The smallest absolute Gasteiger partial charge is 0.338 e. The van der Waals surface area contributed by atoms with Crippen LogP contribution in [0.25, 0.3) is 10.9 Å². The fourth-order valence-electron chi connectivity index (χ4n) is 2.80. The second-order valence-corrected chi connectivity index (χ2v) is 5.64. The fourth-order valence-corrected chi connectivity index (χ4v) is 2.80. The first-order valence-corrected chi connectivity index (χ1v) is 8.11. The molecule has 1 heterocycles. The Kier molecular flexibility index (Phi) is 4.84. The molecule has 0 N–H and O–H groups in total. The lowest BCUT2D eigenvalue weighted by Gasteiger charge is -2.11. The van der Waals surface area contributed by atoms with E-state index in [4.69, 9.17) is 9.47 Å². The number of hydrogen-bond acceptors (Lipinski definition) is 4. The molecule has 1 aromatic heterocycles. The van der Waals surface area contributed by atoms with E-state index >= 15 is 0 Å². The molecule has 5 heteroatoms. The van der Waals surface area contributed by atoms with E-state index in [1.54, 1.807) is 19.1 Å². The van der Waals surface area contributed by atoms with E-state index in [0.717, 1.165) is 16.5 Å². The SMILES string of the molecule is CCOC(=O)c1ccccc1Cn1ccc2cc(OC(C)=O)ccc21. The van der Waals surface area contributed by atoms with Gasteiger partial charge in [-0.3, -0.25) is 4.79 Å². The third-order valence-corrected chi connectivity index (χ3v) is 3.86. The molecule has 0 saturated heterocycles. The normalized spacial score (nSPS) is 10.6. The summed E-state index contributed by atoms with van der Waals surface area (Å²) in [4.78, 5) is 23.2. The second-order valence-electron chi connectivity index (χ2n) is 5.64. The number of carbonyl (C=O) groups is 2. The van der Waals surface area contributed by atoms with Crippen LogP contribution in [0.15, 0.2) is 54.7 Å². The Hall–Kier alpha value is -3.08. The molecule has 0 aliphatic rings. The van der Waals surface area contributed by atoms with Crippen molar-refractivity contribution in [1.82, 2.24) is 4.57 Å². The van der Waals surface area contributed by atoms with Gasteiger partial charge in [0, 0.05) is 30.6 Å². The van der Waals surface area contributed by atoms with Gasteiger partial charge >= 0.3 is 11.9 Å². The molecule has 25 heavy (non-hydrogen) atoms. The van der Waals surface area contributed by atoms with Crippen molar-refractivity contribution in [2.24, 2.45) is 0 Å². The first kappa shape index (κ1) is 16.8. The largest absolute Gasteiger partial charge is 0.462 e. The topological polar surface area (TPSA) is 57.5 Å². The molecular weight excluding hydrogens is 318 g/mol. The van der Waals surface area contributed by atoms with Gasteiger partial charge in [-0.15, -0.1) is 0 Å². The predicted octanol–water partition coefficient (Wildman–Crippen LogP) is 3.79. The monoisotopic (exact) mass is 337 g/mol. The average Bonchev–Trinajstić information content (AvgIpc) is 2.97. The van der Waals surface area contributed by atoms with Crippen LogP contribution in [-0.4, -0.2) is 23.1 Å². The van der Waals surface area contributed by atoms with Crippen molar-refractivity contribution < 1.29 is 19.1 Å². The molecule has 2 aromatic carbocycles. The van der Waals surface area contributed by atoms with E-state index in [-0.39, 0.29) is 11.9 Å². The molecule has 0 bridgehead atoms. The Bertz CT molecular complexity index is 926. The number of nitrogens with zero attached hydrogens (tertiary/aromatic N) is 1. The summed E-state index contributed by atoms with van der Waals surface area (Å²) in [7, 11) is 0. The van der Waals surface area contributed by atoms with Crippen LogP contribution < -0.4 is 4.74 Å². The molecule has 5 nitrogen and oxygen atoms in total. The van der Waals surface area contributed by atoms with Crippen molar-refractivity contribution in [3.63, 3.8) is 0 Å². The maximum Gasteiger partial charge on any atom is 0.338 e. The van der Waals surface area contributed by atoms with Gasteiger partial charge < -0.3 is 14.0 Å². The molecule has 0 saturated carbocycles. The third kappa shape index (κ3) is 3.71. The van der Waals surface area contributed by atoms with E-state index in [1.807, 2.05) is 47.2 Å². The maximum absolute atomic E-state index is 12.1. The number of benzene rings is 2. The zero-order chi connectivity index (χ0) is 17.8. The predicted molar refractivity (Wildman–Crippen MR) is 94.7 cm³/mol. The number of fused-ring (bicyclic) bond motifs is 1. The Morgan fingerprint density at radius 2 is 1.88 bits per heavy atom. The summed E-state index contributed by atoms with van der Waals surface area (Å²) >= 11 is 0. The Morgan fingerprint density at radius 1 is 1.08 bits per heavy atom. The summed E-state index contributed by atoms with van der Waals surface area (Å²) in [6.07, 6.45) is 1.95. The van der Waals surface area contributed by atoms with Gasteiger partial charge in [0.2, 0.25) is 0 Å². The van der Waals surface area contributed by atoms with Crippen LogP contribution in [0.1, 0.15) is 29.8 Å². The second kappa shape index (κ2) is 7.21. The molecule has 0 radical (unpaired) electrons. The van der Waals surface area contributed by atoms with E-state index in [2.05, 4.69) is 0 Å². The van der Waals surface area contributed by atoms with Gasteiger partial charge in [-0.2, -0.15) is 0 Å². The lowest BCUT2D eigenvalue weighted by molar-refractivity contribution is -0.131. The maximum atomic E-state index is 12.1. The summed E-state index contributed by atoms with van der Waals surface area (Å²) < 4.78 is 12.3. The number of carbonyl (C=O) groups excluding carboxylic acids is 2. The number of rotatable bonds is 5. The number of esters is 2. The van der Waals surface area contributed by atoms with Gasteiger partial charge in [-0.1, -0.05) is 18.2 Å². The summed E-state index contributed by atoms with van der Waals surface area (Å²) in [5.74, 6) is -0.140. The minimum absolute atomic E-state index is 0.313. The molecular formula is C20H19NO4. The van der Waals surface area contributed by atoms with Crippen molar-refractivity contribution in [3.8, 4) is 5.75 Å². The van der Waals surface area contributed by atoms with Crippen LogP contribution in [0, 0.1) is 0 Å². The lowest BCUT2D eigenvalue weighted by atomic mass is 10.1. The third-order valence-electron chi connectivity index (χ3n) is 3.86. The number of ether oxygens (including phenoxy) is 2. The summed E-state index contributed by atoms with van der Waals surface area (Å²) in [5.41, 5.74) is 2.46. The van der Waals surface area contributed by atoms with Gasteiger partial charge in [0.1, 0.15) is 5.75 Å². The Labute approximate surface area is 145 Å². The first-order valence-electron chi connectivity index (χ1n) is 8.11. The molecule has 0 aliphatic heterocycles. The van der Waals surface area contributed by atoms with Crippen LogP contribution >= 0.6 is 0 Å². The van der Waals surface area contributed by atoms with Gasteiger partial charge in [-0.25, -0.2) is 4.79 Å². The lowest BCUT2D eigenvalue weighted by Crippen LogP contribution is -2.10. The first-order chi connectivity index (χ1) is 12.1. The van der Waals surface area contributed by atoms with E-state index in [1.165, 1.54) is 6.92 Å². The highest BCUT2D eigenvalue weighted by Crippen LogP contribution is 2.24. The van der Waals surface area contributed by atoms with Crippen LogP contribution in [-0.2, 0) is 16.1 Å². The molecule has 128 valence electrons. The number of hydrogen-bond donors (Lipinski definition) is 0. The summed E-state index contributed by atoms with van der Waals surface area (Å²) in [5, 5.41) is 0.965. The van der Waals surface area contributed by atoms with Gasteiger partial charge in [0.15, 0.2) is 0 Å². The van der Waals surface area contributed by atoms with Crippen molar-refractivity contribution in [3.05, 3.63) is 65.9 Å². The minimum Gasteiger partial charge on any atom is -0.462 e. The summed E-state index contributed by atoms with van der Waals surface area (Å²) in [6, 6.07) is 14.9. The fraction of sp³-hybridized carbons (Fsp3) is 0.200. The molecule has 3 rings (SSSR count). The van der Waals surface area contributed by atoms with Crippen molar-refractivity contribution >= 4 is 22.8 Å². The highest BCUT2D eigenvalue weighted by atomic mass is 16.5. The molecule has 0 spiro atoms. The van der Waals surface area contributed by atoms with Crippen molar-refractivity contribution in [1.29, 1.82) is 0 Å². The number of aromatic nitrogens is 1. The standard InChI is InChI=1S/C20H19NO4/c1-3-24-20(23)18-7-5-4-6-16(18)13-21-11-10-15-12-17(25-14(2)22)8-9-19(15)21/h4-12H,3,13H2,1-2H3. The van der Waals surface area contributed by atoms with Crippen LogP contribution in [0.4, 0.5) is 0 Å². The highest BCUT2D eigenvalue weighted by Gasteiger charge is 2.13. The molecule has 0 fully saturated rings. The van der Waals surface area contributed by atoms with Crippen molar-refractivity contribution in [2.45, 2.75) is 20.4 Å². The Morgan fingerprint density at radius 3 is 2.64 bits per heavy atom. The van der Waals surface area contributed by atoms with Crippen LogP contribution in [0.2, 0.25) is 0 Å².